The summed E-state index contributed by atoms with van der Waals surface area (Å²) in [7, 11) is 0. The van der Waals surface area contributed by atoms with E-state index in [1.54, 1.807) is 0 Å². The predicted molar refractivity (Wildman–Crippen MR) is 160 cm³/mol. The summed E-state index contributed by atoms with van der Waals surface area (Å²) in [4.78, 5) is 0. The van der Waals surface area contributed by atoms with E-state index in [9.17, 15) is 0 Å². The lowest BCUT2D eigenvalue weighted by atomic mass is 9.96. The maximum Gasteiger partial charge on any atom is 0.150 e. The first-order chi connectivity index (χ1) is 20.3. The van der Waals surface area contributed by atoms with Gasteiger partial charge in [-0.1, -0.05) is 121 Å². The fourth-order valence-corrected chi connectivity index (χ4v) is 4.94. The van der Waals surface area contributed by atoms with Crippen LogP contribution in [-0.2, 0) is 50.1 Å². The molecule has 0 bridgehead atoms. The van der Waals surface area contributed by atoms with Crippen LogP contribution in [-0.4, -0.2) is 31.0 Å². The van der Waals surface area contributed by atoms with Gasteiger partial charge in [0.25, 0.3) is 0 Å². The Morgan fingerprint density at radius 2 is 0.951 bits per heavy atom. The van der Waals surface area contributed by atoms with E-state index in [1.807, 2.05) is 85.8 Å². The van der Waals surface area contributed by atoms with E-state index in [2.05, 4.69) is 48.5 Å². The molecule has 0 radical (unpaired) electrons. The maximum absolute atomic E-state index is 6.67. The smallest absolute Gasteiger partial charge is 0.150 e. The predicted octanol–water partition coefficient (Wildman–Crippen LogP) is 7.26. The average Bonchev–Trinajstić information content (AvgIpc) is 3.04. The highest BCUT2D eigenvalue weighted by atomic mass is 16.6. The molecule has 1 fully saturated rings. The van der Waals surface area contributed by atoms with Crippen LogP contribution >= 0.6 is 0 Å². The molecule has 4 atom stereocenters. The average molecular weight is 551 g/mol. The van der Waals surface area contributed by atoms with Gasteiger partial charge in [0.2, 0.25) is 0 Å². The minimum atomic E-state index is -0.449. The van der Waals surface area contributed by atoms with Crippen molar-refractivity contribution in [3.05, 3.63) is 155 Å². The third-order valence-corrected chi connectivity index (χ3v) is 7.08. The number of benzene rings is 4. The van der Waals surface area contributed by atoms with Crippen molar-refractivity contribution in [2.75, 3.05) is 6.61 Å². The molecule has 41 heavy (non-hydrogen) atoms. The summed E-state index contributed by atoms with van der Waals surface area (Å²) >= 11 is 0. The molecule has 0 saturated carbocycles. The third kappa shape index (κ3) is 8.38. The molecular weight excluding hydrogens is 512 g/mol. The monoisotopic (exact) mass is 550 g/mol. The molecule has 5 heteroatoms. The zero-order valence-corrected chi connectivity index (χ0v) is 23.5. The maximum atomic E-state index is 6.67. The molecule has 4 aromatic carbocycles. The first-order valence-corrected chi connectivity index (χ1v) is 14.2. The van der Waals surface area contributed by atoms with Crippen molar-refractivity contribution in [2.45, 2.75) is 57.8 Å². The van der Waals surface area contributed by atoms with Crippen LogP contribution in [0.3, 0.4) is 0 Å². The van der Waals surface area contributed by atoms with Crippen LogP contribution in [0, 0.1) is 0 Å². The fourth-order valence-electron chi connectivity index (χ4n) is 4.94. The Hall–Kier alpha value is -3.74. The summed E-state index contributed by atoms with van der Waals surface area (Å²) in [5.41, 5.74) is 4.36. The molecule has 0 aromatic heterocycles. The van der Waals surface area contributed by atoms with Crippen LogP contribution in [0.25, 0.3) is 0 Å². The molecule has 212 valence electrons. The van der Waals surface area contributed by atoms with Crippen LogP contribution in [0.15, 0.2) is 133 Å². The van der Waals surface area contributed by atoms with Crippen molar-refractivity contribution >= 4 is 0 Å². The van der Waals surface area contributed by atoms with E-state index in [-0.39, 0.29) is 6.10 Å². The van der Waals surface area contributed by atoms with Gasteiger partial charge in [-0.2, -0.15) is 0 Å². The lowest BCUT2D eigenvalue weighted by Gasteiger charge is -2.43. The Morgan fingerprint density at radius 3 is 1.41 bits per heavy atom. The normalized spacial score (nSPS) is 21.4. The van der Waals surface area contributed by atoms with Gasteiger partial charge in [0.1, 0.15) is 24.1 Å². The largest absolute Gasteiger partial charge is 0.487 e. The second-order valence-corrected chi connectivity index (χ2v) is 10.1. The molecule has 0 spiro atoms. The minimum Gasteiger partial charge on any atom is -0.487 e. The van der Waals surface area contributed by atoms with Crippen LogP contribution in [0.5, 0.6) is 0 Å². The van der Waals surface area contributed by atoms with Gasteiger partial charge in [-0.15, -0.1) is 0 Å². The van der Waals surface area contributed by atoms with Crippen LogP contribution in [0.4, 0.5) is 0 Å². The van der Waals surface area contributed by atoms with Gasteiger partial charge in [-0.25, -0.2) is 0 Å². The van der Waals surface area contributed by atoms with Gasteiger partial charge in [-0.3, -0.25) is 0 Å². The number of rotatable bonds is 13. The van der Waals surface area contributed by atoms with Crippen molar-refractivity contribution in [1.29, 1.82) is 0 Å². The van der Waals surface area contributed by atoms with E-state index in [0.29, 0.717) is 33.0 Å². The molecule has 3 unspecified atom stereocenters. The Bertz CT molecular complexity index is 1310. The van der Waals surface area contributed by atoms with Gasteiger partial charge in [-0.05, 0) is 35.3 Å². The molecule has 0 amide bonds. The molecule has 0 N–H and O–H groups in total. The molecule has 1 saturated heterocycles. The van der Waals surface area contributed by atoms with Gasteiger partial charge < -0.3 is 23.7 Å². The minimum absolute atomic E-state index is 0.349. The molecule has 1 aliphatic rings. The van der Waals surface area contributed by atoms with E-state index in [4.69, 9.17) is 23.7 Å². The summed E-state index contributed by atoms with van der Waals surface area (Å²) < 4.78 is 32.6. The topological polar surface area (TPSA) is 46.2 Å². The summed E-state index contributed by atoms with van der Waals surface area (Å²) in [6, 6.07) is 40.6. The highest BCUT2D eigenvalue weighted by molar-refractivity contribution is 5.18. The molecule has 5 rings (SSSR count). The molecule has 1 aliphatic heterocycles. The van der Waals surface area contributed by atoms with Crippen LogP contribution in [0.1, 0.15) is 29.2 Å². The van der Waals surface area contributed by atoms with Crippen molar-refractivity contribution in [3.63, 3.8) is 0 Å². The standard InChI is InChI=1S/C36H38O5/c1-2-32-34(38-24-29-17-9-4-10-18-29)36(40-26-31-21-13-6-14-22-31)35(39-25-30-19-11-5-12-20-30)33(41-32)27-37-23-28-15-7-3-8-16-28/h2-22,33-36H,23-27H2,1H3/t33?,34?,35-,36?/m1/s1. The molecule has 0 aliphatic carbocycles. The van der Waals surface area contributed by atoms with Crippen molar-refractivity contribution < 1.29 is 23.7 Å². The summed E-state index contributed by atoms with van der Waals surface area (Å²) in [6.07, 6.45) is 0.277. The van der Waals surface area contributed by atoms with Crippen LogP contribution in [0.2, 0.25) is 0 Å². The second-order valence-electron chi connectivity index (χ2n) is 10.1. The van der Waals surface area contributed by atoms with Crippen molar-refractivity contribution in [1.82, 2.24) is 0 Å². The Labute approximate surface area is 243 Å². The van der Waals surface area contributed by atoms with Gasteiger partial charge >= 0.3 is 0 Å². The second kappa shape index (κ2) is 15.3. The van der Waals surface area contributed by atoms with Crippen molar-refractivity contribution in [3.8, 4) is 0 Å². The van der Waals surface area contributed by atoms with Gasteiger partial charge in [0.05, 0.1) is 33.0 Å². The third-order valence-electron chi connectivity index (χ3n) is 7.08. The molecule has 4 aromatic rings. The van der Waals surface area contributed by atoms with Gasteiger partial charge in [0, 0.05) is 0 Å². The lowest BCUT2D eigenvalue weighted by molar-refractivity contribution is -0.223. The highest BCUT2D eigenvalue weighted by Crippen LogP contribution is 2.33. The number of allylic oxidation sites excluding steroid dienone is 1. The van der Waals surface area contributed by atoms with Crippen LogP contribution < -0.4 is 0 Å². The summed E-state index contributed by atoms with van der Waals surface area (Å²) in [6.45, 7) is 4.08. The zero-order valence-electron chi connectivity index (χ0n) is 23.5. The van der Waals surface area contributed by atoms with E-state index < -0.39 is 18.3 Å². The number of hydrogen-bond acceptors (Lipinski definition) is 5. The Kier molecular flexibility index (Phi) is 10.7. The fraction of sp³-hybridized carbons (Fsp3) is 0.278. The van der Waals surface area contributed by atoms with E-state index >= 15 is 0 Å². The number of hydrogen-bond donors (Lipinski definition) is 0. The van der Waals surface area contributed by atoms with E-state index in [0.717, 1.165) is 28.0 Å². The highest BCUT2D eigenvalue weighted by Gasteiger charge is 2.46. The first-order valence-electron chi connectivity index (χ1n) is 14.2. The molecule has 5 nitrogen and oxygen atoms in total. The summed E-state index contributed by atoms with van der Waals surface area (Å²) in [5, 5.41) is 0. The van der Waals surface area contributed by atoms with E-state index in [1.165, 1.54) is 0 Å². The SMILES string of the molecule is CC=C1OC(COCc2ccccc2)[C@@H](OCc2ccccc2)C(OCc2ccccc2)C1OCc1ccccc1. The Morgan fingerprint density at radius 1 is 0.537 bits per heavy atom. The molecule has 1 heterocycles. The summed E-state index contributed by atoms with van der Waals surface area (Å²) in [5.74, 6) is 0.729. The quantitative estimate of drug-likeness (QED) is 0.175. The van der Waals surface area contributed by atoms with Gasteiger partial charge in [0.15, 0.2) is 6.10 Å². The Balaban J connectivity index is 1.39. The zero-order chi connectivity index (χ0) is 28.1. The molecular formula is C36H38O5. The first kappa shape index (κ1) is 28.8. The van der Waals surface area contributed by atoms with Crippen molar-refractivity contribution in [2.24, 2.45) is 0 Å². The lowest BCUT2D eigenvalue weighted by Crippen LogP contribution is -2.56. The number of ether oxygens (including phenoxy) is 5.